The zero-order valence-corrected chi connectivity index (χ0v) is 25.8. The second-order valence-electron chi connectivity index (χ2n) is 13.8. The van der Waals surface area contributed by atoms with E-state index in [1.165, 1.54) is 7.11 Å². The summed E-state index contributed by atoms with van der Waals surface area (Å²) in [6.07, 6.45) is 3.98. The van der Waals surface area contributed by atoms with Crippen LogP contribution in [0.15, 0.2) is 36.5 Å². The highest BCUT2D eigenvalue weighted by Crippen LogP contribution is 2.64. The largest absolute Gasteiger partial charge is 0.496 e. The van der Waals surface area contributed by atoms with Crippen LogP contribution in [0.1, 0.15) is 85.5 Å². The summed E-state index contributed by atoms with van der Waals surface area (Å²) in [5.41, 5.74) is 3.74. The minimum absolute atomic E-state index is 0.0813. The maximum absolute atomic E-state index is 14.3. The molecule has 0 amide bonds. The smallest absolute Gasteiger partial charge is 0.419 e. The predicted molar refractivity (Wildman–Crippen MR) is 159 cm³/mol. The summed E-state index contributed by atoms with van der Waals surface area (Å²) in [6, 6.07) is 9.57. The van der Waals surface area contributed by atoms with Crippen LogP contribution in [-0.4, -0.2) is 53.8 Å². The molecule has 3 aliphatic rings. The van der Waals surface area contributed by atoms with Crippen molar-refractivity contribution in [3.63, 3.8) is 0 Å². The molecule has 2 aliphatic carbocycles. The predicted octanol–water partition coefficient (Wildman–Crippen LogP) is 7.38. The number of methoxy groups -OCH3 is 2. The van der Waals surface area contributed by atoms with Crippen molar-refractivity contribution in [2.45, 2.75) is 89.8 Å². The number of carbonyl (C=O) groups excluding carboxylic acids is 2. The van der Waals surface area contributed by atoms with Gasteiger partial charge in [-0.25, -0.2) is 18.4 Å². The lowest BCUT2D eigenvalue weighted by atomic mass is 9.55. The number of ether oxygens (including phenoxy) is 3. The Morgan fingerprint density at radius 2 is 1.77 bits per heavy atom. The first-order chi connectivity index (χ1) is 20.2. The second-order valence-corrected chi connectivity index (χ2v) is 13.8. The number of nitrogens with zero attached hydrogens (tertiary/aromatic N) is 2. The van der Waals surface area contributed by atoms with Crippen molar-refractivity contribution in [2.24, 2.45) is 5.41 Å². The van der Waals surface area contributed by atoms with E-state index in [1.54, 1.807) is 23.9 Å². The third-order valence-electron chi connectivity index (χ3n) is 9.68. The monoisotopic (exact) mass is 594 g/mol. The van der Waals surface area contributed by atoms with Crippen molar-refractivity contribution >= 4 is 23.0 Å². The number of halogens is 2. The minimum atomic E-state index is -2.61. The molecule has 1 aromatic heterocycles. The molecule has 2 fully saturated rings. The van der Waals surface area contributed by atoms with Crippen LogP contribution in [0.25, 0.3) is 10.9 Å². The Morgan fingerprint density at radius 3 is 2.42 bits per heavy atom. The van der Waals surface area contributed by atoms with E-state index in [0.29, 0.717) is 31.5 Å². The molecule has 230 valence electrons. The van der Waals surface area contributed by atoms with Crippen LogP contribution in [0.2, 0.25) is 0 Å². The van der Waals surface area contributed by atoms with Crippen LogP contribution in [0.4, 0.5) is 13.6 Å². The van der Waals surface area contributed by atoms with Crippen molar-refractivity contribution in [1.82, 2.24) is 9.47 Å². The van der Waals surface area contributed by atoms with Gasteiger partial charge >= 0.3 is 12.1 Å². The molecule has 1 aliphatic heterocycles. The van der Waals surface area contributed by atoms with Gasteiger partial charge in [-0.15, -0.1) is 0 Å². The van der Waals surface area contributed by atoms with Crippen LogP contribution in [0.3, 0.4) is 0 Å². The van der Waals surface area contributed by atoms with Gasteiger partial charge in [-0.3, -0.25) is 9.47 Å². The highest BCUT2D eigenvalue weighted by atomic mass is 19.3. The van der Waals surface area contributed by atoms with Gasteiger partial charge in [-0.2, -0.15) is 0 Å². The highest BCUT2D eigenvalue weighted by molar-refractivity contribution is 5.95. The highest BCUT2D eigenvalue weighted by Gasteiger charge is 2.62. The van der Waals surface area contributed by atoms with E-state index >= 15 is 0 Å². The van der Waals surface area contributed by atoms with Gasteiger partial charge < -0.3 is 14.2 Å². The number of carbonyl (C=O) groups is 2. The molecule has 2 spiro atoms. The van der Waals surface area contributed by atoms with Gasteiger partial charge in [0.05, 0.1) is 25.3 Å². The van der Waals surface area contributed by atoms with Gasteiger partial charge in [-0.05, 0) is 106 Å². The standard InChI is InChI=1S/C34H40F2N2O5/c1-21-15-27(41-5)25(24-10-13-38(28(21)24)30(40)43-31(2,3)4)17-37-14-12-32(19-34(35,36)20-32)18-33(37)11-9-22-16-23(29(39)42-6)7-8-26(22)33/h7-8,10,13,15-16H,9,11-12,14,17-20H2,1-6H3. The van der Waals surface area contributed by atoms with E-state index in [2.05, 4.69) is 4.90 Å². The molecule has 6 rings (SSSR count). The van der Waals surface area contributed by atoms with Crippen LogP contribution in [0, 0.1) is 12.3 Å². The van der Waals surface area contributed by atoms with E-state index < -0.39 is 28.6 Å². The number of esters is 1. The molecule has 1 saturated carbocycles. The van der Waals surface area contributed by atoms with E-state index in [9.17, 15) is 18.4 Å². The molecule has 3 aromatic rings. The molecule has 0 N–H and O–H groups in total. The first-order valence-corrected chi connectivity index (χ1v) is 15.0. The molecule has 1 atom stereocenters. The number of hydrogen-bond donors (Lipinski definition) is 0. The molecule has 2 aromatic carbocycles. The molecule has 1 saturated heterocycles. The molecular weight excluding hydrogens is 554 g/mol. The fourth-order valence-electron chi connectivity index (χ4n) is 8.03. The van der Waals surface area contributed by atoms with Crippen molar-refractivity contribution in [3.8, 4) is 5.75 Å². The molecule has 7 nitrogen and oxygen atoms in total. The SMILES string of the molecule is COC(=O)c1ccc2c(c1)CCC21CC2(CCN1Cc1c(OC)cc(C)c3c1ccn3C(=O)OC(C)(C)C)CC(F)(F)C2. The quantitative estimate of drug-likeness (QED) is 0.294. The minimum Gasteiger partial charge on any atom is -0.496 e. The molecular formula is C34H40F2N2O5. The van der Waals surface area contributed by atoms with E-state index in [1.807, 2.05) is 52.0 Å². The van der Waals surface area contributed by atoms with Crippen LogP contribution in [0.5, 0.6) is 5.75 Å². The number of aryl methyl sites for hydroxylation is 2. The second kappa shape index (κ2) is 10.0. The summed E-state index contributed by atoms with van der Waals surface area (Å²) in [7, 11) is 3.01. The Hall–Kier alpha value is -3.46. The number of benzene rings is 2. The average molecular weight is 595 g/mol. The molecule has 0 bridgehead atoms. The van der Waals surface area contributed by atoms with E-state index in [0.717, 1.165) is 51.7 Å². The zero-order chi connectivity index (χ0) is 30.9. The van der Waals surface area contributed by atoms with Crippen LogP contribution in [-0.2, 0) is 28.0 Å². The topological polar surface area (TPSA) is 70.0 Å². The molecule has 2 heterocycles. The van der Waals surface area contributed by atoms with Crippen LogP contribution >= 0.6 is 0 Å². The molecule has 9 heteroatoms. The molecule has 0 radical (unpaired) electrons. The Balaban J connectivity index is 1.43. The summed E-state index contributed by atoms with van der Waals surface area (Å²) < 4.78 is 46.7. The summed E-state index contributed by atoms with van der Waals surface area (Å²) >= 11 is 0. The summed E-state index contributed by atoms with van der Waals surface area (Å²) in [5, 5.41) is 0.896. The lowest BCUT2D eigenvalue weighted by Gasteiger charge is -2.59. The zero-order valence-electron chi connectivity index (χ0n) is 25.8. The van der Waals surface area contributed by atoms with Gasteiger partial charge in [0, 0.05) is 42.1 Å². The fourth-order valence-corrected chi connectivity index (χ4v) is 8.03. The maximum atomic E-state index is 14.3. The number of hydrogen-bond acceptors (Lipinski definition) is 6. The van der Waals surface area contributed by atoms with Gasteiger partial charge in [-0.1, -0.05) is 6.07 Å². The number of fused-ring (bicyclic) bond motifs is 3. The van der Waals surface area contributed by atoms with Gasteiger partial charge in [0.25, 0.3) is 0 Å². The number of likely N-dealkylation sites (tertiary alicyclic amines) is 1. The molecule has 1 unspecified atom stereocenters. The third kappa shape index (κ3) is 4.99. The maximum Gasteiger partial charge on any atom is 0.419 e. The van der Waals surface area contributed by atoms with E-state index in [4.69, 9.17) is 14.2 Å². The Labute approximate surface area is 251 Å². The van der Waals surface area contributed by atoms with Crippen molar-refractivity contribution in [3.05, 3.63) is 64.3 Å². The number of alkyl halides is 2. The van der Waals surface area contributed by atoms with Crippen molar-refractivity contribution < 1.29 is 32.6 Å². The van der Waals surface area contributed by atoms with Gasteiger partial charge in [0.2, 0.25) is 5.92 Å². The summed E-state index contributed by atoms with van der Waals surface area (Å²) in [6.45, 7) is 8.64. The summed E-state index contributed by atoms with van der Waals surface area (Å²) in [4.78, 5) is 27.9. The number of piperidine rings is 1. The molecule has 43 heavy (non-hydrogen) atoms. The number of aromatic nitrogens is 1. The fraction of sp³-hybridized carbons (Fsp3) is 0.529. The van der Waals surface area contributed by atoms with Crippen molar-refractivity contribution in [1.29, 1.82) is 0 Å². The average Bonchev–Trinajstić information content (AvgIpc) is 3.52. The van der Waals surface area contributed by atoms with Crippen molar-refractivity contribution in [2.75, 3.05) is 20.8 Å². The van der Waals surface area contributed by atoms with Gasteiger partial charge in [0.15, 0.2) is 0 Å². The summed E-state index contributed by atoms with van der Waals surface area (Å²) in [5.74, 6) is -2.28. The number of rotatable bonds is 4. The Bertz CT molecular complexity index is 1610. The lowest BCUT2D eigenvalue weighted by Crippen LogP contribution is -2.59. The lowest BCUT2D eigenvalue weighted by molar-refractivity contribution is -0.200. The van der Waals surface area contributed by atoms with E-state index in [-0.39, 0.29) is 18.8 Å². The first-order valence-electron chi connectivity index (χ1n) is 15.0. The third-order valence-corrected chi connectivity index (χ3v) is 9.68. The van der Waals surface area contributed by atoms with Crippen LogP contribution < -0.4 is 4.74 Å². The Morgan fingerprint density at radius 1 is 1.02 bits per heavy atom. The normalized spacial score (nSPS) is 22.4. The Kier molecular flexibility index (Phi) is 6.91. The van der Waals surface area contributed by atoms with Gasteiger partial charge in [0.1, 0.15) is 11.4 Å². The first kappa shape index (κ1) is 29.6.